The van der Waals surface area contributed by atoms with Gasteiger partial charge in [0.15, 0.2) is 0 Å². The van der Waals surface area contributed by atoms with Gasteiger partial charge in [0.2, 0.25) is 0 Å². The number of anilines is 4. The number of carbonyl (C=O) groups excluding carboxylic acids is 7. The van der Waals surface area contributed by atoms with Crippen LogP contribution in [-0.2, 0) is 38.4 Å². The first-order valence-electron chi connectivity index (χ1n) is 39.7. The van der Waals surface area contributed by atoms with Crippen molar-refractivity contribution in [2.45, 2.75) is 159 Å². The summed E-state index contributed by atoms with van der Waals surface area (Å²) in [4.78, 5) is 120. The Balaban J connectivity index is 0.000000138. The van der Waals surface area contributed by atoms with E-state index in [-0.39, 0.29) is 18.1 Å². The van der Waals surface area contributed by atoms with Crippen LogP contribution < -0.4 is 26.6 Å². The van der Waals surface area contributed by atoms with Gasteiger partial charge in [-0.3, -0.25) is 73.9 Å². The van der Waals surface area contributed by atoms with E-state index in [1.165, 1.54) is 30.0 Å². The number of aromatic nitrogens is 12. The third-order valence-corrected chi connectivity index (χ3v) is 22.5. The van der Waals surface area contributed by atoms with Crippen molar-refractivity contribution < 1.29 is 43.5 Å². The second-order valence-electron chi connectivity index (χ2n) is 31.6. The van der Waals surface area contributed by atoms with E-state index < -0.39 is 47.3 Å². The van der Waals surface area contributed by atoms with Gasteiger partial charge in [0.1, 0.15) is 0 Å². The average Bonchev–Trinajstić information content (AvgIpc) is 1.33. The topological polar surface area (TPSA) is 393 Å². The summed E-state index contributed by atoms with van der Waals surface area (Å²) in [7, 11) is 0. The van der Waals surface area contributed by atoms with Crippen molar-refractivity contribution in [1.29, 1.82) is 0 Å². The SMILES string of the molecule is C[C@@H]1CC[C@@H](c2ccc3[nH]ncc3c2)NC1.Cc1cc(NC(=O)C(=O)N2C[C@@H](C)CC[C@@H]2c2ccc3[nH]ncc3c2)cnc1C.Cc1cc(NC(=O)C(=O)N2C[C@H](C)CC[C@H]2c2ccc3[nH]ncc3c2)cnc1C.Cc1cc(NC(=O)C(=O)N2C[C@H](C)CC[C@H]2c2ccc3[nH]ncc3c2)cnc1C.Cc1cc(NC(=O)C(=O)O)cnc1C. The fourth-order valence-corrected chi connectivity index (χ4v) is 15.1. The van der Waals surface area contributed by atoms with Crippen LogP contribution in [0, 0.1) is 79.1 Å². The zero-order chi connectivity index (χ0) is 83.3. The number of benzene rings is 4. The minimum Gasteiger partial charge on any atom is -0.474 e. The van der Waals surface area contributed by atoms with Crippen LogP contribution in [0.3, 0.4) is 0 Å². The molecule has 0 saturated carbocycles. The van der Waals surface area contributed by atoms with Gasteiger partial charge in [-0.15, -0.1) is 0 Å². The number of rotatable bonds is 8. The van der Waals surface area contributed by atoms with E-state index in [4.69, 9.17) is 5.11 Å². The van der Waals surface area contributed by atoms with Gasteiger partial charge in [-0.25, -0.2) is 4.79 Å². The quantitative estimate of drug-likeness (QED) is 0.0632. The number of aromatic amines is 4. The lowest BCUT2D eigenvalue weighted by Crippen LogP contribution is -2.46. The number of H-pyrrole nitrogens is 4. The number of fused-ring (bicyclic) bond motifs is 4. The van der Waals surface area contributed by atoms with Crippen LogP contribution in [-0.4, -0.2) is 154 Å². The molecule has 7 amide bonds. The van der Waals surface area contributed by atoms with Crippen molar-refractivity contribution >= 4 is 114 Å². The summed E-state index contributed by atoms with van der Waals surface area (Å²) in [5.41, 5.74) is 17.8. The lowest BCUT2D eigenvalue weighted by molar-refractivity contribution is -0.147. The molecule has 0 spiro atoms. The third-order valence-electron chi connectivity index (χ3n) is 22.5. The maximum absolute atomic E-state index is 13.1. The zero-order valence-corrected chi connectivity index (χ0v) is 68.1. The number of hydrogen-bond donors (Lipinski definition) is 10. The fraction of sp³-hybridized carbons (Fsp3) is 0.364. The molecule has 12 heterocycles. The van der Waals surface area contributed by atoms with E-state index in [0.29, 0.717) is 66.2 Å². The molecular weight excluding hydrogens is 1480 g/mol. The molecule has 29 nitrogen and oxygen atoms in total. The predicted molar refractivity (Wildman–Crippen MR) is 449 cm³/mol. The molecule has 4 aromatic carbocycles. The molecule has 0 radical (unpaired) electrons. The number of aliphatic carboxylic acids is 1. The zero-order valence-electron chi connectivity index (χ0n) is 68.1. The molecule has 4 saturated heterocycles. The minimum absolute atomic E-state index is 0.123. The number of aryl methyl sites for hydroxylation is 8. The van der Waals surface area contributed by atoms with Crippen molar-refractivity contribution in [2.24, 2.45) is 23.7 Å². The largest absolute Gasteiger partial charge is 0.474 e. The van der Waals surface area contributed by atoms with Gasteiger partial charge in [-0.2, -0.15) is 20.4 Å². The predicted octanol–water partition coefficient (Wildman–Crippen LogP) is 13.9. The third kappa shape index (κ3) is 21.0. The molecule has 4 aliphatic heterocycles. The summed E-state index contributed by atoms with van der Waals surface area (Å²) in [5, 5.41) is 54.6. The molecule has 10 N–H and O–H groups in total. The molecule has 8 atom stereocenters. The van der Waals surface area contributed by atoms with Gasteiger partial charge < -0.3 is 46.4 Å². The van der Waals surface area contributed by atoms with Gasteiger partial charge in [0.05, 0.1) is 113 Å². The Morgan fingerprint density at radius 2 is 0.615 bits per heavy atom. The van der Waals surface area contributed by atoms with Crippen LogP contribution in [0.15, 0.2) is 147 Å². The second-order valence-corrected chi connectivity index (χ2v) is 31.6. The van der Waals surface area contributed by atoms with E-state index in [1.807, 2.05) is 134 Å². The highest BCUT2D eigenvalue weighted by atomic mass is 16.4. The summed E-state index contributed by atoms with van der Waals surface area (Å²) in [6, 6.07) is 32.0. The molecule has 29 heteroatoms. The Hall–Kier alpha value is -12.9. The van der Waals surface area contributed by atoms with Crippen molar-refractivity contribution in [3.05, 3.63) is 214 Å². The molecule has 8 aromatic heterocycles. The molecule has 16 rings (SSSR count). The second kappa shape index (κ2) is 37.6. The maximum Gasteiger partial charge on any atom is 0.394 e. The van der Waals surface area contributed by atoms with E-state index in [0.717, 1.165) is 151 Å². The maximum atomic E-state index is 13.1. The van der Waals surface area contributed by atoms with Crippen LogP contribution in [0.5, 0.6) is 0 Å². The number of amides is 7. The molecule has 608 valence electrons. The van der Waals surface area contributed by atoms with Crippen LogP contribution in [0.1, 0.15) is 171 Å². The molecular formula is C88H102N20O9. The first kappa shape index (κ1) is 83.5. The number of carbonyl (C=O) groups is 8. The molecule has 4 aliphatic rings. The van der Waals surface area contributed by atoms with Gasteiger partial charge in [0.25, 0.3) is 0 Å². The van der Waals surface area contributed by atoms with Crippen molar-refractivity contribution in [3.63, 3.8) is 0 Å². The van der Waals surface area contributed by atoms with Crippen LogP contribution in [0.25, 0.3) is 43.6 Å². The molecule has 0 bridgehead atoms. The normalized spacial score (nSPS) is 19.1. The van der Waals surface area contributed by atoms with E-state index >= 15 is 0 Å². The van der Waals surface area contributed by atoms with E-state index in [9.17, 15) is 38.4 Å². The highest BCUT2D eigenvalue weighted by Gasteiger charge is 2.38. The Labute approximate surface area is 678 Å². The Morgan fingerprint density at radius 1 is 0.342 bits per heavy atom. The number of carboxylic acid groups (broad SMARTS) is 1. The standard InChI is InChI=1S/3C22H25N5O2.C13H17N3.C9H10N2O3/c3*1-13-4-7-20(16-5-6-19-17(9-16)10-24-26-19)27(12-13)22(29)21(28)25-18-8-14(2)15(3)23-11-18;1-9-2-4-12(14-7-9)10-3-5-13-11(6-10)8-15-16-13;1-5-3-7(4-10-6(5)2)11-8(12)9(13)14/h3*5-6,8-11,13,20H,4,7,12H2,1-3H3,(H,24,26)(H,25,28);3,5-6,8-9,12,14H,2,4,7H2,1H3,(H,15,16);3-4H,1-2H3,(H,11,12)(H,13,14)/t3*13-,20+;9-,12+;/m1101./s1. The van der Waals surface area contributed by atoms with Crippen LogP contribution in [0.4, 0.5) is 22.7 Å². The Morgan fingerprint density at radius 3 is 0.889 bits per heavy atom. The van der Waals surface area contributed by atoms with E-state index in [1.54, 1.807) is 57.9 Å². The Bertz CT molecular complexity index is 5220. The molecule has 117 heavy (non-hydrogen) atoms. The number of nitrogens with zero attached hydrogens (tertiary/aromatic N) is 11. The van der Waals surface area contributed by atoms with Gasteiger partial charge in [-0.05, 0) is 254 Å². The van der Waals surface area contributed by atoms with Crippen LogP contribution >= 0.6 is 0 Å². The molecule has 0 unspecified atom stereocenters. The summed E-state index contributed by atoms with van der Waals surface area (Å²) < 4.78 is 0. The first-order chi connectivity index (χ1) is 56.1. The minimum atomic E-state index is -1.51. The summed E-state index contributed by atoms with van der Waals surface area (Å²) in [6.07, 6.45) is 21.5. The number of pyridine rings is 4. The monoisotopic (exact) mass is 1580 g/mol. The first-order valence-corrected chi connectivity index (χ1v) is 39.7. The van der Waals surface area contributed by atoms with Crippen molar-refractivity contribution in [1.82, 2.24) is 80.7 Å². The number of carboxylic acids is 1. The lowest BCUT2D eigenvalue weighted by Gasteiger charge is -2.38. The van der Waals surface area contributed by atoms with Crippen LogP contribution in [0.2, 0.25) is 0 Å². The van der Waals surface area contributed by atoms with Crippen molar-refractivity contribution in [3.8, 4) is 0 Å². The van der Waals surface area contributed by atoms with Crippen molar-refractivity contribution in [2.75, 3.05) is 47.4 Å². The molecule has 12 aromatic rings. The molecule has 4 fully saturated rings. The number of piperidine rings is 4. The Kier molecular flexibility index (Phi) is 26.8. The average molecular weight is 1580 g/mol. The van der Waals surface area contributed by atoms with Gasteiger partial charge in [-0.1, -0.05) is 52.0 Å². The molecule has 0 aliphatic carbocycles. The van der Waals surface area contributed by atoms with Gasteiger partial charge >= 0.3 is 47.3 Å². The van der Waals surface area contributed by atoms with E-state index in [2.05, 4.69) is 133 Å². The summed E-state index contributed by atoms with van der Waals surface area (Å²) >= 11 is 0. The summed E-state index contributed by atoms with van der Waals surface area (Å²) in [5.74, 6) is -4.11. The number of nitrogens with one attached hydrogen (secondary N) is 9. The highest BCUT2D eigenvalue weighted by molar-refractivity contribution is 6.41. The smallest absolute Gasteiger partial charge is 0.394 e. The summed E-state index contributed by atoms with van der Waals surface area (Å²) in [6.45, 7) is 26.6. The van der Waals surface area contributed by atoms with Gasteiger partial charge in [0, 0.05) is 70.0 Å². The lowest BCUT2D eigenvalue weighted by atomic mass is 9.89. The highest BCUT2D eigenvalue weighted by Crippen LogP contribution is 2.39. The fourth-order valence-electron chi connectivity index (χ4n) is 15.1. The number of hydrogen-bond acceptors (Lipinski definition) is 17. The number of likely N-dealkylation sites (tertiary alicyclic amines) is 3.